The molecule has 1 aromatic rings. The second-order valence-corrected chi connectivity index (χ2v) is 4.92. The highest BCUT2D eigenvalue weighted by molar-refractivity contribution is 14.1. The van der Waals surface area contributed by atoms with Gasteiger partial charge in [0.25, 0.3) is 5.69 Å². The number of nitrogens with one attached hydrogen (secondary N) is 2. The van der Waals surface area contributed by atoms with Crippen LogP contribution >= 0.6 is 34.8 Å². The van der Waals surface area contributed by atoms with Crippen LogP contribution in [0.3, 0.4) is 0 Å². The molecule has 0 aromatic heterocycles. The molecule has 1 aromatic carbocycles. The molecule has 0 aliphatic rings. The van der Waals surface area contributed by atoms with Gasteiger partial charge in [-0.25, -0.2) is 0 Å². The lowest BCUT2D eigenvalue weighted by Gasteiger charge is -2.04. The van der Waals surface area contributed by atoms with Gasteiger partial charge in [0.15, 0.2) is 5.11 Å². The number of hydrogen-bond donors (Lipinski definition) is 3. The topological polar surface area (TPSA) is 99.8 Å². The number of hydrogen-bond acceptors (Lipinski definition) is 5. The zero-order chi connectivity index (χ0) is 14.4. The molecule has 1 rings (SSSR count). The Morgan fingerprint density at radius 2 is 2.37 bits per heavy atom. The molecule has 0 radical (unpaired) electrons. The van der Waals surface area contributed by atoms with Gasteiger partial charge in [-0.2, -0.15) is 5.10 Å². The van der Waals surface area contributed by atoms with E-state index >= 15 is 0 Å². The zero-order valence-corrected chi connectivity index (χ0v) is 12.9. The Balaban J connectivity index is 2.91. The van der Waals surface area contributed by atoms with Crippen LogP contribution in [0.25, 0.3) is 0 Å². The number of hydrazone groups is 1. The van der Waals surface area contributed by atoms with Crippen molar-refractivity contribution < 1.29 is 10.0 Å². The number of rotatable bonds is 4. The summed E-state index contributed by atoms with van der Waals surface area (Å²) in [6.07, 6.45) is 1.27. The number of phenolic OH excluding ortho intramolecular Hbond substituents is 1. The number of non-ortho nitro benzene ring substituents is 1. The van der Waals surface area contributed by atoms with Crippen molar-refractivity contribution in [3.8, 4) is 5.75 Å². The summed E-state index contributed by atoms with van der Waals surface area (Å²) < 4.78 is 0.377. The first kappa shape index (κ1) is 15.6. The van der Waals surface area contributed by atoms with Gasteiger partial charge >= 0.3 is 0 Å². The van der Waals surface area contributed by atoms with Crippen LogP contribution in [0.5, 0.6) is 5.75 Å². The van der Waals surface area contributed by atoms with Gasteiger partial charge in [-0.1, -0.05) is 0 Å². The van der Waals surface area contributed by atoms with E-state index < -0.39 is 4.92 Å². The third-order valence-electron chi connectivity index (χ3n) is 2.00. The van der Waals surface area contributed by atoms with Crippen LogP contribution in [0, 0.1) is 13.7 Å². The lowest BCUT2D eigenvalue weighted by molar-refractivity contribution is -0.385. The number of nitro benzene ring substituents is 1. The molecule has 0 saturated heterocycles. The molecule has 0 amide bonds. The van der Waals surface area contributed by atoms with E-state index in [4.69, 9.17) is 12.2 Å². The highest BCUT2D eigenvalue weighted by Gasteiger charge is 2.13. The average molecular weight is 394 g/mol. The lowest BCUT2D eigenvalue weighted by Crippen LogP contribution is -2.31. The maximum absolute atomic E-state index is 10.7. The van der Waals surface area contributed by atoms with Crippen LogP contribution in [-0.4, -0.2) is 27.9 Å². The van der Waals surface area contributed by atoms with Crippen molar-refractivity contribution in [1.82, 2.24) is 10.7 Å². The maximum Gasteiger partial charge on any atom is 0.271 e. The predicted molar refractivity (Wildman–Crippen MR) is 84.5 cm³/mol. The number of aromatic hydroxyl groups is 1. The fourth-order valence-electron chi connectivity index (χ4n) is 1.17. The molecule has 0 heterocycles. The molecule has 0 aliphatic carbocycles. The summed E-state index contributed by atoms with van der Waals surface area (Å²) >= 11 is 6.70. The summed E-state index contributed by atoms with van der Waals surface area (Å²) in [5.74, 6) is -0.0638. The number of nitrogens with zero attached hydrogens (tertiary/aromatic N) is 2. The number of nitro groups is 1. The highest BCUT2D eigenvalue weighted by atomic mass is 127. The van der Waals surface area contributed by atoms with Crippen LogP contribution < -0.4 is 10.7 Å². The monoisotopic (exact) mass is 394 g/mol. The van der Waals surface area contributed by atoms with Gasteiger partial charge in [-0.3, -0.25) is 15.5 Å². The smallest absolute Gasteiger partial charge is 0.271 e. The van der Waals surface area contributed by atoms with Crippen molar-refractivity contribution in [3.05, 3.63) is 31.4 Å². The second kappa shape index (κ2) is 7.19. The molecule has 0 spiro atoms. The van der Waals surface area contributed by atoms with E-state index in [1.165, 1.54) is 18.3 Å². The average Bonchev–Trinajstić information content (AvgIpc) is 2.34. The number of benzene rings is 1. The first-order chi connectivity index (χ1) is 8.95. The van der Waals surface area contributed by atoms with Crippen LogP contribution in [-0.2, 0) is 0 Å². The summed E-state index contributed by atoms with van der Waals surface area (Å²) in [6.45, 7) is 2.54. The summed E-state index contributed by atoms with van der Waals surface area (Å²) in [6, 6.07) is 2.52. The molecule has 0 atom stereocenters. The van der Waals surface area contributed by atoms with Gasteiger partial charge in [0, 0.05) is 24.2 Å². The Morgan fingerprint density at radius 3 is 2.95 bits per heavy atom. The van der Waals surface area contributed by atoms with E-state index in [0.29, 0.717) is 15.2 Å². The van der Waals surface area contributed by atoms with Crippen LogP contribution in [0.1, 0.15) is 12.5 Å². The Kier molecular flexibility index (Phi) is 5.89. The minimum atomic E-state index is -0.532. The second-order valence-electron chi connectivity index (χ2n) is 3.35. The normalized spacial score (nSPS) is 10.4. The van der Waals surface area contributed by atoms with Gasteiger partial charge in [-0.15, -0.1) is 0 Å². The number of thiocarbonyl (C=S) groups is 1. The first-order valence-corrected chi connectivity index (χ1v) is 6.68. The molecule has 0 aliphatic heterocycles. The zero-order valence-electron chi connectivity index (χ0n) is 9.88. The van der Waals surface area contributed by atoms with Gasteiger partial charge in [0.2, 0.25) is 0 Å². The highest BCUT2D eigenvalue weighted by Crippen LogP contribution is 2.28. The quantitative estimate of drug-likeness (QED) is 0.237. The molecule has 0 saturated carbocycles. The standard InChI is InChI=1S/C10H11IN4O3S/c1-2-12-10(19)14-13-5-6-3-7(15(17)18)4-8(11)9(6)16/h3-5,16H,2H2,1H3,(H2,12,14,19). The number of phenols is 1. The predicted octanol–water partition coefficient (Wildman–Crippen LogP) is 1.72. The van der Waals surface area contributed by atoms with E-state index in [0.717, 1.165) is 0 Å². The maximum atomic E-state index is 10.7. The van der Waals surface area contributed by atoms with Crippen molar-refractivity contribution >= 4 is 51.8 Å². The summed E-state index contributed by atoms with van der Waals surface area (Å²) in [5, 5.41) is 27.4. The Bertz CT molecular complexity index is 536. The number of halogens is 1. The van der Waals surface area contributed by atoms with Gasteiger partial charge in [0.05, 0.1) is 14.7 Å². The van der Waals surface area contributed by atoms with Gasteiger partial charge in [-0.05, 0) is 41.7 Å². The van der Waals surface area contributed by atoms with E-state index in [2.05, 4.69) is 15.8 Å². The molecule has 102 valence electrons. The van der Waals surface area contributed by atoms with Crippen LogP contribution in [0.4, 0.5) is 5.69 Å². The third kappa shape index (κ3) is 4.59. The van der Waals surface area contributed by atoms with Crippen molar-refractivity contribution in [2.75, 3.05) is 6.54 Å². The van der Waals surface area contributed by atoms with Crippen molar-refractivity contribution in [2.45, 2.75) is 6.92 Å². The molecular weight excluding hydrogens is 383 g/mol. The summed E-state index contributed by atoms with van der Waals surface area (Å²) in [4.78, 5) is 10.2. The van der Waals surface area contributed by atoms with Gasteiger partial charge < -0.3 is 10.4 Å². The molecule has 9 heteroatoms. The molecular formula is C10H11IN4O3S. The van der Waals surface area contributed by atoms with Crippen LogP contribution in [0.15, 0.2) is 17.2 Å². The van der Waals surface area contributed by atoms with Gasteiger partial charge in [0.1, 0.15) is 5.75 Å². The fraction of sp³-hybridized carbons (Fsp3) is 0.200. The molecule has 7 nitrogen and oxygen atoms in total. The van der Waals surface area contributed by atoms with E-state index in [-0.39, 0.29) is 17.0 Å². The van der Waals surface area contributed by atoms with Crippen molar-refractivity contribution in [3.63, 3.8) is 0 Å². The van der Waals surface area contributed by atoms with Crippen LogP contribution in [0.2, 0.25) is 0 Å². The van der Waals surface area contributed by atoms with E-state index in [1.54, 1.807) is 0 Å². The molecule has 0 bridgehead atoms. The van der Waals surface area contributed by atoms with Crippen molar-refractivity contribution in [1.29, 1.82) is 0 Å². The fourth-order valence-corrected chi connectivity index (χ4v) is 2.00. The largest absolute Gasteiger partial charge is 0.506 e. The van der Waals surface area contributed by atoms with Crippen molar-refractivity contribution in [2.24, 2.45) is 5.10 Å². The Labute approximate surface area is 128 Å². The lowest BCUT2D eigenvalue weighted by atomic mass is 10.2. The molecule has 0 fully saturated rings. The van der Waals surface area contributed by atoms with E-state index in [9.17, 15) is 15.2 Å². The molecule has 3 N–H and O–H groups in total. The summed E-state index contributed by atoms with van der Waals surface area (Å²) in [7, 11) is 0. The third-order valence-corrected chi connectivity index (χ3v) is 3.05. The molecule has 19 heavy (non-hydrogen) atoms. The minimum Gasteiger partial charge on any atom is -0.506 e. The first-order valence-electron chi connectivity index (χ1n) is 5.19. The Hall–Kier alpha value is -1.49. The summed E-state index contributed by atoms with van der Waals surface area (Å²) in [5.41, 5.74) is 2.66. The SMILES string of the molecule is CCNC(=S)NN=Cc1cc([N+](=O)[O-])cc(I)c1O. The van der Waals surface area contributed by atoms with E-state index in [1.807, 2.05) is 29.5 Å². The Morgan fingerprint density at radius 1 is 1.68 bits per heavy atom. The molecule has 0 unspecified atom stereocenters. The minimum absolute atomic E-state index is 0.0638.